The molecule has 2 aromatic rings. The van der Waals surface area contributed by atoms with Gasteiger partial charge in [0.15, 0.2) is 5.65 Å². The van der Waals surface area contributed by atoms with Crippen LogP contribution in [0.3, 0.4) is 0 Å². The minimum absolute atomic E-state index is 0.301. The van der Waals surface area contributed by atoms with Crippen molar-refractivity contribution in [2.45, 2.75) is 42.9 Å². The molecule has 0 spiro atoms. The second-order valence-corrected chi connectivity index (χ2v) is 7.32. The Morgan fingerprint density at radius 2 is 2.15 bits per heavy atom. The van der Waals surface area contributed by atoms with E-state index in [1.807, 2.05) is 17.8 Å². The highest BCUT2D eigenvalue weighted by Crippen LogP contribution is 2.42. The average Bonchev–Trinajstić information content (AvgIpc) is 3.04. The molecule has 6 heteroatoms. The van der Waals surface area contributed by atoms with E-state index in [0.717, 1.165) is 23.5 Å². The molecular weight excluding hydrogens is 313 g/mol. The van der Waals surface area contributed by atoms with Gasteiger partial charge in [0.1, 0.15) is 11.3 Å². The third kappa shape index (κ3) is 2.53. The van der Waals surface area contributed by atoms with E-state index in [-0.39, 0.29) is 0 Å². The number of hydrogen-bond donors (Lipinski definition) is 0. The smallest absolute Gasteiger partial charge is 0.160 e. The predicted molar refractivity (Wildman–Crippen MR) is 86.8 cm³/mol. The van der Waals surface area contributed by atoms with E-state index in [1.54, 1.807) is 6.20 Å². The zero-order valence-corrected chi connectivity index (χ0v) is 13.7. The lowest BCUT2D eigenvalue weighted by molar-refractivity contribution is 0.503. The van der Waals surface area contributed by atoms with E-state index in [2.05, 4.69) is 20.8 Å². The van der Waals surface area contributed by atoms with E-state index < -0.39 is 0 Å². The van der Waals surface area contributed by atoms with Crippen LogP contribution in [0.5, 0.6) is 0 Å². The molecule has 108 valence electrons. The lowest BCUT2D eigenvalue weighted by Crippen LogP contribution is -2.27. The molecule has 1 fully saturated rings. The number of imidazole rings is 1. The Hall–Kier alpha value is -0.450. The zero-order valence-electron chi connectivity index (χ0n) is 11.4. The summed E-state index contributed by atoms with van der Waals surface area (Å²) in [7, 11) is 0. The number of fused-ring (bicyclic) bond motifs is 1. The Balaban J connectivity index is 2.05. The molecule has 2 heterocycles. The van der Waals surface area contributed by atoms with Crippen LogP contribution in [0.4, 0.5) is 0 Å². The lowest BCUT2D eigenvalue weighted by Gasteiger charge is -2.28. The third-order valence-electron chi connectivity index (χ3n) is 4.14. The summed E-state index contributed by atoms with van der Waals surface area (Å²) < 4.78 is 2.48. The molecule has 2 aromatic heterocycles. The molecule has 3 nitrogen and oxygen atoms in total. The molecule has 0 N–H and O–H groups in total. The second-order valence-electron chi connectivity index (χ2n) is 5.34. The maximum atomic E-state index is 6.07. The van der Waals surface area contributed by atoms with Crippen LogP contribution in [0.2, 0.25) is 5.02 Å². The first-order valence-corrected chi connectivity index (χ1v) is 8.93. The van der Waals surface area contributed by atoms with E-state index >= 15 is 0 Å². The van der Waals surface area contributed by atoms with E-state index in [9.17, 15) is 0 Å². The Morgan fingerprint density at radius 1 is 1.40 bits per heavy atom. The van der Waals surface area contributed by atoms with Gasteiger partial charge in [-0.05, 0) is 25.2 Å². The first kappa shape index (κ1) is 14.5. The molecule has 1 aliphatic carbocycles. The number of nitrogens with zero attached hydrogens (tertiary/aromatic N) is 3. The maximum Gasteiger partial charge on any atom is 0.160 e. The second kappa shape index (κ2) is 5.74. The Bertz CT molecular complexity index is 620. The molecule has 3 rings (SSSR count). The van der Waals surface area contributed by atoms with Crippen molar-refractivity contribution < 1.29 is 0 Å². The SMILES string of the molecule is CSC1(Cn2c(CCl)nc3cc(Cl)cnc32)CCCC1. The number of alkyl halides is 1. The Labute approximate surface area is 133 Å². The van der Waals surface area contributed by atoms with Crippen molar-refractivity contribution in [3.8, 4) is 0 Å². The summed E-state index contributed by atoms with van der Waals surface area (Å²) >= 11 is 14.0. The molecular formula is C14H17Cl2N3S. The van der Waals surface area contributed by atoms with Gasteiger partial charge in [0, 0.05) is 17.5 Å². The van der Waals surface area contributed by atoms with Gasteiger partial charge >= 0.3 is 0 Å². The molecule has 0 bridgehead atoms. The molecule has 0 aromatic carbocycles. The van der Waals surface area contributed by atoms with Crippen LogP contribution in [-0.4, -0.2) is 25.5 Å². The number of halogens is 2. The molecule has 0 atom stereocenters. The van der Waals surface area contributed by atoms with E-state index in [4.69, 9.17) is 23.2 Å². The van der Waals surface area contributed by atoms with Gasteiger partial charge in [-0.25, -0.2) is 9.97 Å². The monoisotopic (exact) mass is 329 g/mol. The van der Waals surface area contributed by atoms with Crippen molar-refractivity contribution in [1.29, 1.82) is 0 Å². The van der Waals surface area contributed by atoms with Gasteiger partial charge in [0.05, 0.1) is 10.9 Å². The number of hydrogen-bond acceptors (Lipinski definition) is 3. The number of aromatic nitrogens is 3. The highest BCUT2D eigenvalue weighted by Gasteiger charge is 2.34. The highest BCUT2D eigenvalue weighted by atomic mass is 35.5. The van der Waals surface area contributed by atoms with Gasteiger partial charge in [-0.2, -0.15) is 11.8 Å². The molecule has 1 aliphatic rings. The van der Waals surface area contributed by atoms with Crippen molar-refractivity contribution in [2.75, 3.05) is 6.26 Å². The number of thioether (sulfide) groups is 1. The minimum atomic E-state index is 0.301. The van der Waals surface area contributed by atoms with Gasteiger partial charge in [-0.15, -0.1) is 11.6 Å². The van der Waals surface area contributed by atoms with Gasteiger partial charge in [-0.3, -0.25) is 0 Å². The van der Waals surface area contributed by atoms with Gasteiger partial charge in [-0.1, -0.05) is 24.4 Å². The summed E-state index contributed by atoms with van der Waals surface area (Å²) in [6, 6.07) is 1.86. The molecule has 0 aliphatic heterocycles. The molecule has 0 unspecified atom stereocenters. The summed E-state index contributed by atoms with van der Waals surface area (Å²) in [6.45, 7) is 0.932. The quantitative estimate of drug-likeness (QED) is 0.774. The summed E-state index contributed by atoms with van der Waals surface area (Å²) in [4.78, 5) is 9.03. The average molecular weight is 330 g/mol. The van der Waals surface area contributed by atoms with Crippen LogP contribution >= 0.6 is 35.0 Å². The summed E-state index contributed by atoms with van der Waals surface area (Å²) in [5.74, 6) is 1.29. The minimum Gasteiger partial charge on any atom is -0.310 e. The Morgan fingerprint density at radius 3 is 2.80 bits per heavy atom. The summed E-state index contributed by atoms with van der Waals surface area (Å²) in [6.07, 6.45) is 9.01. The fourth-order valence-electron chi connectivity index (χ4n) is 3.04. The van der Waals surface area contributed by atoms with E-state index in [1.165, 1.54) is 25.7 Å². The van der Waals surface area contributed by atoms with E-state index in [0.29, 0.717) is 15.6 Å². The van der Waals surface area contributed by atoms with Crippen molar-refractivity contribution in [3.63, 3.8) is 0 Å². The number of pyridine rings is 1. The lowest BCUT2D eigenvalue weighted by atomic mass is 10.1. The van der Waals surface area contributed by atoms with Crippen molar-refractivity contribution >= 4 is 46.1 Å². The van der Waals surface area contributed by atoms with Crippen LogP contribution in [0.25, 0.3) is 11.2 Å². The first-order valence-electron chi connectivity index (χ1n) is 6.79. The Kier molecular flexibility index (Phi) is 4.16. The molecule has 1 saturated carbocycles. The molecule has 0 saturated heterocycles. The first-order chi connectivity index (χ1) is 9.67. The predicted octanol–water partition coefficient (Wildman–Crippen LogP) is 4.50. The summed E-state index contributed by atoms with van der Waals surface area (Å²) in [5, 5.41) is 0.615. The van der Waals surface area contributed by atoms with Gasteiger partial charge in [0.2, 0.25) is 0 Å². The van der Waals surface area contributed by atoms with Gasteiger partial charge in [0.25, 0.3) is 0 Å². The van der Waals surface area contributed by atoms with Crippen LogP contribution in [0.15, 0.2) is 12.3 Å². The van der Waals surface area contributed by atoms with Crippen LogP contribution in [0.1, 0.15) is 31.5 Å². The topological polar surface area (TPSA) is 30.7 Å². The largest absolute Gasteiger partial charge is 0.310 e. The van der Waals surface area contributed by atoms with Crippen molar-refractivity contribution in [3.05, 3.63) is 23.1 Å². The standard InChI is InChI=1S/C14H17Cl2N3S/c1-20-14(4-2-3-5-14)9-19-12(7-15)18-11-6-10(16)8-17-13(11)19/h6,8H,2-5,7,9H2,1H3. The van der Waals surface area contributed by atoms with Crippen molar-refractivity contribution in [1.82, 2.24) is 14.5 Å². The molecule has 0 amide bonds. The highest BCUT2D eigenvalue weighted by molar-refractivity contribution is 8.00. The van der Waals surface area contributed by atoms with Gasteiger partial charge < -0.3 is 4.57 Å². The molecule has 20 heavy (non-hydrogen) atoms. The summed E-state index contributed by atoms with van der Waals surface area (Å²) in [5.41, 5.74) is 1.73. The van der Waals surface area contributed by atoms with Crippen LogP contribution in [-0.2, 0) is 12.4 Å². The van der Waals surface area contributed by atoms with Crippen LogP contribution in [0, 0.1) is 0 Å². The fourth-order valence-corrected chi connectivity index (χ4v) is 4.35. The fraction of sp³-hybridized carbons (Fsp3) is 0.571. The third-order valence-corrected chi connectivity index (χ3v) is 5.99. The maximum absolute atomic E-state index is 6.07. The normalized spacial score (nSPS) is 17.9. The number of rotatable bonds is 4. The van der Waals surface area contributed by atoms with Crippen LogP contribution < -0.4 is 0 Å². The molecule has 0 radical (unpaired) electrons. The zero-order chi connectivity index (χ0) is 14.2. The van der Waals surface area contributed by atoms with Crippen molar-refractivity contribution in [2.24, 2.45) is 0 Å².